The lowest BCUT2D eigenvalue weighted by molar-refractivity contribution is -0.137. The molecule has 0 radical (unpaired) electrons. The Kier molecular flexibility index (Phi) is 68.1. The molecule has 1 aromatic heterocycles. The molecule has 0 saturated heterocycles. The summed E-state index contributed by atoms with van der Waals surface area (Å²) in [6.45, 7) is 11.1. The first-order valence-corrected chi connectivity index (χ1v) is 40.7. The largest absolute Gasteiger partial charge is 0.481 e. The zero-order valence-electron chi connectivity index (χ0n) is 60.1. The van der Waals surface area contributed by atoms with Gasteiger partial charge in [-0.15, -0.1) is 11.3 Å². The van der Waals surface area contributed by atoms with Gasteiger partial charge in [-0.05, 0) is 108 Å². The number of ether oxygens (including phenoxy) is 1. The molecule has 0 unspecified atom stereocenters. The molecule has 0 spiro atoms. The summed E-state index contributed by atoms with van der Waals surface area (Å²) in [5.41, 5.74) is 1.23. The molecule has 0 aliphatic rings. The molecule has 1 heterocycles. The third-order valence-corrected chi connectivity index (χ3v) is 19.3. The van der Waals surface area contributed by atoms with Gasteiger partial charge in [-0.1, -0.05) is 354 Å². The van der Waals surface area contributed by atoms with Gasteiger partial charge in [0.05, 0.1) is 0 Å². The highest BCUT2D eigenvalue weighted by molar-refractivity contribution is 7.09. The van der Waals surface area contributed by atoms with Crippen LogP contribution in [0, 0.1) is 0 Å². The van der Waals surface area contributed by atoms with Crippen molar-refractivity contribution in [2.24, 2.45) is 0 Å². The minimum atomic E-state index is -1.14. The van der Waals surface area contributed by atoms with E-state index in [-0.39, 0.29) is 11.2 Å². The van der Waals surface area contributed by atoms with Gasteiger partial charge < -0.3 is 14.7 Å². The molecular weight excluding hydrogens is 1240 g/mol. The predicted molar refractivity (Wildman–Crippen MR) is 407 cm³/mol. The fourth-order valence-corrected chi connectivity index (χ4v) is 12.9. The summed E-state index contributed by atoms with van der Waals surface area (Å²) in [6.07, 6.45) is 72.5. The number of hydrogen-bond acceptors (Lipinski definition) is 8. The number of carbonyl (C=O) groups excluding carboxylic acids is 4. The molecule has 8 nitrogen and oxygen atoms in total. The molecule has 0 aliphatic heterocycles. The van der Waals surface area contributed by atoms with Crippen LogP contribution in [-0.2, 0) is 30.4 Å². The number of carboxylic acid groups (broad SMARTS) is 1. The summed E-state index contributed by atoms with van der Waals surface area (Å²) in [6, 6.07) is 16.9. The average Bonchev–Trinajstić information content (AvgIpc) is 1.96. The molecule has 0 amide bonds. The number of nitrogens with zero attached hydrogens (tertiary/aromatic N) is 1. The number of benzene rings is 2. The summed E-state index contributed by atoms with van der Waals surface area (Å²) < 4.78 is 5.85. The highest BCUT2D eigenvalue weighted by Crippen LogP contribution is 2.31. The Hall–Kier alpha value is -2.98. The minimum Gasteiger partial charge on any atom is -0.481 e. The van der Waals surface area contributed by atoms with Crippen molar-refractivity contribution < 1.29 is 33.8 Å². The topological polar surface area (TPSA) is 118 Å². The Balaban J connectivity index is 0.00000143. The highest BCUT2D eigenvalue weighted by atomic mass is 35.5. The number of rotatable bonds is 62. The first-order chi connectivity index (χ1) is 45.4. The van der Waals surface area contributed by atoms with Gasteiger partial charge in [-0.3, -0.25) is 24.0 Å². The van der Waals surface area contributed by atoms with E-state index in [0.717, 1.165) is 75.2 Å². The van der Waals surface area contributed by atoms with E-state index >= 15 is 0 Å². The van der Waals surface area contributed by atoms with E-state index in [1.54, 1.807) is 0 Å². The predicted octanol–water partition coefficient (Wildman–Crippen LogP) is 27.7. The van der Waals surface area contributed by atoms with Gasteiger partial charge in [-0.2, -0.15) is 0 Å². The normalized spacial score (nSPS) is 10.9. The van der Waals surface area contributed by atoms with Crippen molar-refractivity contribution in [1.29, 1.82) is 0 Å². The first-order valence-electron chi connectivity index (χ1n) is 38.7. The second-order valence-electron chi connectivity index (χ2n) is 26.5. The van der Waals surface area contributed by atoms with E-state index in [0.29, 0.717) is 25.0 Å². The SMILES string of the molecule is CCCCCCCCCCCCCCCCCCCC(=O)Cl.CCCCCCCCCCCCCCCCCCCC(=O)O.CCCCCCCCCCCCCCCCCCCC(=O)Oc1cccc2cc(N(CCC)CCc3cccs3)ccc12.O=C(Cl)C(=O)Cl. The molecule has 12 heteroatoms. The Morgan fingerprint density at radius 2 is 0.731 bits per heavy atom. The van der Waals surface area contributed by atoms with E-state index < -0.39 is 16.5 Å². The molecule has 3 aromatic rings. The molecule has 3 rings (SSSR count). The van der Waals surface area contributed by atoms with E-state index in [2.05, 4.69) is 97.6 Å². The molecule has 2 aromatic carbocycles. The van der Waals surface area contributed by atoms with Crippen LogP contribution < -0.4 is 9.64 Å². The van der Waals surface area contributed by atoms with Crippen LogP contribution in [0.2, 0.25) is 0 Å². The molecular formula is C81H138Cl3NO7S. The van der Waals surface area contributed by atoms with Gasteiger partial charge in [0.2, 0.25) is 5.24 Å². The van der Waals surface area contributed by atoms with Crippen LogP contribution in [0.1, 0.15) is 386 Å². The van der Waals surface area contributed by atoms with Crippen LogP contribution in [0.4, 0.5) is 5.69 Å². The molecule has 1 N–H and O–H groups in total. The van der Waals surface area contributed by atoms with Crippen LogP contribution in [0.5, 0.6) is 5.75 Å². The summed E-state index contributed by atoms with van der Waals surface area (Å²) in [5.74, 6) is -0.0799. The Bertz CT molecular complexity index is 2090. The number of unbranched alkanes of at least 4 members (excludes halogenated alkanes) is 48. The average molecular weight is 1380 g/mol. The zero-order valence-corrected chi connectivity index (χ0v) is 63.2. The molecule has 0 saturated carbocycles. The first kappa shape index (κ1) is 90.0. The fraction of sp³-hybridized carbons (Fsp3) is 0.765. The number of carbonyl (C=O) groups is 5. The fourth-order valence-electron chi connectivity index (χ4n) is 12.0. The van der Waals surface area contributed by atoms with Gasteiger partial charge >= 0.3 is 22.4 Å². The number of carboxylic acids is 1. The molecule has 0 atom stereocenters. The van der Waals surface area contributed by atoms with Crippen molar-refractivity contribution in [3.8, 4) is 5.75 Å². The number of fused-ring (bicyclic) bond motifs is 1. The van der Waals surface area contributed by atoms with Gasteiger partial charge in [0.25, 0.3) is 0 Å². The third-order valence-electron chi connectivity index (χ3n) is 17.7. The van der Waals surface area contributed by atoms with Crippen molar-refractivity contribution in [3.05, 3.63) is 58.8 Å². The maximum Gasteiger partial charge on any atom is 0.311 e. The lowest BCUT2D eigenvalue weighted by Gasteiger charge is -2.24. The van der Waals surface area contributed by atoms with Crippen LogP contribution in [-0.4, -0.2) is 45.9 Å². The number of esters is 1. The number of halogens is 3. The van der Waals surface area contributed by atoms with Crippen LogP contribution in [0.25, 0.3) is 10.8 Å². The van der Waals surface area contributed by atoms with Gasteiger partial charge in [0.1, 0.15) is 5.75 Å². The molecule has 0 fully saturated rings. The Labute approximate surface area is 590 Å². The standard InChI is InChI=1S/C39H59NO2S.C20H39ClO.C20H40O2.C2Cl2O2/c1-3-5-6-7-8-9-10-11-12-13-14-15-16-17-18-19-20-26-39(41)42-38-25-21-23-34-33-35(27-28-37(34)38)40(30-4-2)31-29-36-24-22-32-43-36;2*1-2-3-4-5-6-7-8-9-10-11-12-13-14-15-16-17-18-19-20(21)22;3-1(5)2(4)6/h21-25,27-28,32-33H,3-20,26,29-31H2,1-2H3;2-19H2,1H3;2-19H2,1H3,(H,21,22);. The smallest absolute Gasteiger partial charge is 0.311 e. The molecule has 93 heavy (non-hydrogen) atoms. The third kappa shape index (κ3) is 62.3. The lowest BCUT2D eigenvalue weighted by atomic mass is 10.0. The number of anilines is 1. The van der Waals surface area contributed by atoms with Crippen LogP contribution >= 0.6 is 46.1 Å². The van der Waals surface area contributed by atoms with Crippen molar-refractivity contribution in [2.75, 3.05) is 18.0 Å². The maximum absolute atomic E-state index is 12.6. The zero-order chi connectivity index (χ0) is 68.1. The lowest BCUT2D eigenvalue weighted by Crippen LogP contribution is -2.26. The summed E-state index contributed by atoms with van der Waals surface area (Å²) >= 11 is 16.1. The van der Waals surface area contributed by atoms with Gasteiger partial charge in [0, 0.05) is 48.3 Å². The van der Waals surface area contributed by atoms with Gasteiger partial charge in [0.15, 0.2) is 0 Å². The van der Waals surface area contributed by atoms with E-state index in [1.807, 2.05) is 23.5 Å². The maximum atomic E-state index is 12.6. The summed E-state index contributed by atoms with van der Waals surface area (Å²) in [4.78, 5) is 56.3. The molecule has 536 valence electrons. The number of hydrogen-bond donors (Lipinski definition) is 1. The van der Waals surface area contributed by atoms with E-state index in [4.69, 9.17) is 21.4 Å². The minimum absolute atomic E-state index is 0.110. The quantitative estimate of drug-likeness (QED) is 0.0195. The highest BCUT2D eigenvalue weighted by Gasteiger charge is 2.13. The summed E-state index contributed by atoms with van der Waals surface area (Å²) in [7, 11) is 0. The van der Waals surface area contributed by atoms with Gasteiger partial charge in [-0.25, -0.2) is 0 Å². The van der Waals surface area contributed by atoms with E-state index in [9.17, 15) is 24.0 Å². The van der Waals surface area contributed by atoms with Crippen molar-refractivity contribution in [3.63, 3.8) is 0 Å². The number of thiophene rings is 1. The summed E-state index contributed by atoms with van der Waals surface area (Å²) in [5, 5.41) is 10.4. The van der Waals surface area contributed by atoms with E-state index in [1.165, 1.54) is 300 Å². The second-order valence-corrected chi connectivity index (χ2v) is 28.6. The van der Waals surface area contributed by atoms with Crippen molar-refractivity contribution in [1.82, 2.24) is 0 Å². The van der Waals surface area contributed by atoms with Crippen molar-refractivity contribution >= 4 is 90.3 Å². The molecule has 0 bridgehead atoms. The molecule has 0 aliphatic carbocycles. The van der Waals surface area contributed by atoms with Crippen LogP contribution in [0.15, 0.2) is 53.9 Å². The monoisotopic (exact) mass is 1370 g/mol. The van der Waals surface area contributed by atoms with Crippen molar-refractivity contribution in [2.45, 2.75) is 387 Å². The second kappa shape index (κ2) is 70.3. The Morgan fingerprint density at radius 3 is 1.04 bits per heavy atom. The van der Waals surface area contributed by atoms with Crippen LogP contribution in [0.3, 0.4) is 0 Å². The Morgan fingerprint density at radius 1 is 0.387 bits per heavy atom. The number of aliphatic carboxylic acids is 1.